The van der Waals surface area contributed by atoms with Crippen LogP contribution in [-0.4, -0.2) is 69.5 Å². The molecule has 170 valence electrons. The number of hydrogen-bond acceptors (Lipinski definition) is 6. The van der Waals surface area contributed by atoms with Crippen molar-refractivity contribution in [3.8, 4) is 0 Å². The maximum Gasteiger partial charge on any atom is 0.257 e. The summed E-state index contributed by atoms with van der Waals surface area (Å²) in [5.41, 5.74) is 1.62. The summed E-state index contributed by atoms with van der Waals surface area (Å²) in [6.07, 6.45) is 3.82. The predicted octanol–water partition coefficient (Wildman–Crippen LogP) is 2.53. The number of amides is 1. The van der Waals surface area contributed by atoms with Crippen LogP contribution in [0.15, 0.2) is 17.3 Å². The van der Waals surface area contributed by atoms with Gasteiger partial charge in [0.05, 0.1) is 17.0 Å². The Bertz CT molecular complexity index is 1060. The van der Waals surface area contributed by atoms with Gasteiger partial charge in [-0.3, -0.25) is 9.48 Å². The van der Waals surface area contributed by atoms with E-state index in [1.54, 1.807) is 35.8 Å². The summed E-state index contributed by atoms with van der Waals surface area (Å²) in [5.74, 6) is 0.398. The van der Waals surface area contributed by atoms with E-state index in [1.807, 2.05) is 27.7 Å². The van der Waals surface area contributed by atoms with Crippen molar-refractivity contribution in [2.75, 3.05) is 26.2 Å². The van der Waals surface area contributed by atoms with Crippen molar-refractivity contribution in [3.63, 3.8) is 0 Å². The molecule has 1 fully saturated rings. The molecule has 10 heteroatoms. The first kappa shape index (κ1) is 23.3. The highest BCUT2D eigenvalue weighted by molar-refractivity contribution is 7.89. The van der Waals surface area contributed by atoms with Gasteiger partial charge >= 0.3 is 0 Å². The maximum absolute atomic E-state index is 13.2. The molecular formula is C21H32N6O3S. The van der Waals surface area contributed by atoms with Crippen LogP contribution in [0.4, 0.5) is 0 Å². The van der Waals surface area contributed by atoms with Crippen LogP contribution in [0.2, 0.25) is 0 Å². The van der Waals surface area contributed by atoms with E-state index in [4.69, 9.17) is 0 Å². The highest BCUT2D eigenvalue weighted by Gasteiger charge is 2.36. The van der Waals surface area contributed by atoms with E-state index in [-0.39, 0.29) is 22.8 Å². The molecule has 1 amide bonds. The van der Waals surface area contributed by atoms with E-state index >= 15 is 0 Å². The van der Waals surface area contributed by atoms with Crippen LogP contribution in [0.1, 0.15) is 73.6 Å². The number of sulfonamides is 1. The van der Waals surface area contributed by atoms with Gasteiger partial charge in [0.1, 0.15) is 10.7 Å². The summed E-state index contributed by atoms with van der Waals surface area (Å²) < 4.78 is 29.6. The van der Waals surface area contributed by atoms with E-state index in [9.17, 15) is 13.2 Å². The molecule has 0 aliphatic carbocycles. The van der Waals surface area contributed by atoms with Gasteiger partial charge in [-0.05, 0) is 48.0 Å². The Labute approximate surface area is 184 Å². The van der Waals surface area contributed by atoms with Crippen molar-refractivity contribution in [2.45, 2.75) is 64.8 Å². The van der Waals surface area contributed by atoms with Crippen LogP contribution < -0.4 is 0 Å². The Hall–Kier alpha value is -2.33. The lowest BCUT2D eigenvalue weighted by atomic mass is 10.1. The molecular weight excluding hydrogens is 416 g/mol. The third kappa shape index (κ3) is 4.50. The van der Waals surface area contributed by atoms with Gasteiger partial charge in [-0.25, -0.2) is 18.4 Å². The molecule has 0 saturated carbocycles. The standard InChI is InChI=1S/C21H32N6O3S/c1-7-25(8-2)21(28)18-11-22-20(23-15(18)5)17-9-10-26(12-17)31(29,30)19-13-27(14(3)4)24-16(19)6/h11,13-14,17H,7-10,12H2,1-6H3. The summed E-state index contributed by atoms with van der Waals surface area (Å²) in [6, 6.07) is 0.0860. The van der Waals surface area contributed by atoms with Crippen LogP contribution in [0, 0.1) is 13.8 Å². The van der Waals surface area contributed by atoms with Crippen LogP contribution >= 0.6 is 0 Å². The number of aromatic nitrogens is 4. The monoisotopic (exact) mass is 448 g/mol. The smallest absolute Gasteiger partial charge is 0.257 e. The molecule has 9 nitrogen and oxygen atoms in total. The molecule has 1 aliphatic heterocycles. The lowest BCUT2D eigenvalue weighted by Crippen LogP contribution is -2.31. The molecule has 1 saturated heterocycles. The van der Waals surface area contributed by atoms with Crippen molar-refractivity contribution in [2.24, 2.45) is 0 Å². The average molecular weight is 449 g/mol. The normalized spacial score (nSPS) is 17.5. The second-order valence-electron chi connectivity index (χ2n) is 8.21. The van der Waals surface area contributed by atoms with Crippen molar-refractivity contribution in [1.29, 1.82) is 0 Å². The van der Waals surface area contributed by atoms with E-state index in [2.05, 4.69) is 15.1 Å². The highest BCUT2D eigenvalue weighted by Crippen LogP contribution is 2.31. The van der Waals surface area contributed by atoms with E-state index < -0.39 is 10.0 Å². The summed E-state index contributed by atoms with van der Waals surface area (Å²) in [4.78, 5) is 23.6. The fourth-order valence-corrected chi connectivity index (χ4v) is 5.51. The van der Waals surface area contributed by atoms with Crippen LogP contribution in [0.25, 0.3) is 0 Å². The molecule has 3 heterocycles. The zero-order valence-electron chi connectivity index (χ0n) is 19.2. The first-order chi connectivity index (χ1) is 14.6. The zero-order chi connectivity index (χ0) is 22.9. The molecule has 0 bridgehead atoms. The highest BCUT2D eigenvalue weighted by atomic mass is 32.2. The largest absolute Gasteiger partial charge is 0.339 e. The Balaban J connectivity index is 1.79. The van der Waals surface area contributed by atoms with Gasteiger partial charge in [-0.15, -0.1) is 0 Å². The first-order valence-corrected chi connectivity index (χ1v) is 12.2. The predicted molar refractivity (Wildman–Crippen MR) is 117 cm³/mol. The van der Waals surface area contributed by atoms with Gasteiger partial charge in [-0.2, -0.15) is 9.40 Å². The van der Waals surface area contributed by atoms with Gasteiger partial charge < -0.3 is 4.90 Å². The number of carbonyl (C=O) groups is 1. The fourth-order valence-electron chi connectivity index (χ4n) is 3.85. The molecule has 0 radical (unpaired) electrons. The number of hydrogen-bond donors (Lipinski definition) is 0. The number of aryl methyl sites for hydroxylation is 2. The molecule has 0 N–H and O–H groups in total. The number of nitrogens with zero attached hydrogens (tertiary/aromatic N) is 6. The molecule has 1 unspecified atom stereocenters. The van der Waals surface area contributed by atoms with Crippen LogP contribution in [-0.2, 0) is 10.0 Å². The molecule has 1 aliphatic rings. The Morgan fingerprint density at radius 1 is 1.23 bits per heavy atom. The van der Waals surface area contributed by atoms with Crippen molar-refractivity contribution in [3.05, 3.63) is 35.2 Å². The quantitative estimate of drug-likeness (QED) is 0.645. The minimum Gasteiger partial charge on any atom is -0.339 e. The first-order valence-electron chi connectivity index (χ1n) is 10.8. The molecule has 0 spiro atoms. The van der Waals surface area contributed by atoms with Crippen LogP contribution in [0.5, 0.6) is 0 Å². The molecule has 2 aromatic heterocycles. The molecule has 31 heavy (non-hydrogen) atoms. The lowest BCUT2D eigenvalue weighted by Gasteiger charge is -2.20. The molecule has 1 atom stereocenters. The fraction of sp³-hybridized carbons (Fsp3) is 0.619. The minimum absolute atomic E-state index is 0.0812. The number of carbonyl (C=O) groups excluding carboxylic acids is 1. The van der Waals surface area contributed by atoms with Gasteiger partial charge in [0.25, 0.3) is 5.91 Å². The zero-order valence-corrected chi connectivity index (χ0v) is 20.0. The SMILES string of the molecule is CCN(CC)C(=O)c1cnc(C2CCN(S(=O)(=O)c3cn(C(C)C)nc3C)C2)nc1C. The summed E-state index contributed by atoms with van der Waals surface area (Å²) in [7, 11) is -3.64. The van der Waals surface area contributed by atoms with Gasteiger partial charge in [-0.1, -0.05) is 0 Å². The minimum atomic E-state index is -3.64. The van der Waals surface area contributed by atoms with Crippen molar-refractivity contribution < 1.29 is 13.2 Å². The summed E-state index contributed by atoms with van der Waals surface area (Å²) in [5, 5.41) is 4.34. The lowest BCUT2D eigenvalue weighted by molar-refractivity contribution is 0.0771. The van der Waals surface area contributed by atoms with Crippen LogP contribution in [0.3, 0.4) is 0 Å². The summed E-state index contributed by atoms with van der Waals surface area (Å²) >= 11 is 0. The van der Waals surface area contributed by atoms with Gasteiger partial charge in [0, 0.05) is 50.5 Å². The second kappa shape index (κ2) is 9.04. The van der Waals surface area contributed by atoms with Crippen molar-refractivity contribution >= 4 is 15.9 Å². The van der Waals surface area contributed by atoms with E-state index in [0.29, 0.717) is 55.4 Å². The third-order valence-electron chi connectivity index (χ3n) is 5.81. The topological polar surface area (TPSA) is 101 Å². The Morgan fingerprint density at radius 3 is 2.45 bits per heavy atom. The summed E-state index contributed by atoms with van der Waals surface area (Å²) in [6.45, 7) is 13.3. The van der Waals surface area contributed by atoms with E-state index in [0.717, 1.165) is 0 Å². The third-order valence-corrected chi connectivity index (χ3v) is 7.78. The van der Waals surface area contributed by atoms with Gasteiger partial charge in [0.15, 0.2) is 0 Å². The molecule has 3 rings (SSSR count). The molecule has 0 aromatic carbocycles. The Morgan fingerprint density at radius 2 is 1.90 bits per heavy atom. The van der Waals surface area contributed by atoms with Crippen molar-refractivity contribution in [1.82, 2.24) is 29.0 Å². The Kier molecular flexibility index (Phi) is 6.80. The molecule has 2 aromatic rings. The van der Waals surface area contributed by atoms with Gasteiger partial charge in [0.2, 0.25) is 10.0 Å². The average Bonchev–Trinajstić information content (AvgIpc) is 3.36. The van der Waals surface area contributed by atoms with E-state index in [1.165, 1.54) is 4.31 Å². The maximum atomic E-state index is 13.2. The number of rotatable bonds is 7. The second-order valence-corrected chi connectivity index (χ2v) is 10.1.